The predicted molar refractivity (Wildman–Crippen MR) is 71.9 cm³/mol. The van der Waals surface area contributed by atoms with Gasteiger partial charge in [0.25, 0.3) is 5.91 Å². The topological polar surface area (TPSA) is 59.3 Å². The van der Waals surface area contributed by atoms with Crippen molar-refractivity contribution in [2.45, 2.75) is 39.2 Å². The first-order chi connectivity index (χ1) is 9.05. The van der Waals surface area contributed by atoms with Gasteiger partial charge in [0.05, 0.1) is 23.5 Å². The highest BCUT2D eigenvalue weighted by atomic mass is 16.1. The van der Waals surface area contributed by atoms with Gasteiger partial charge in [-0.1, -0.05) is 13.8 Å². The summed E-state index contributed by atoms with van der Waals surface area (Å²) in [4.78, 5) is 16.3. The van der Waals surface area contributed by atoms with Gasteiger partial charge < -0.3 is 5.32 Å². The van der Waals surface area contributed by atoms with Crippen LogP contribution in [0.5, 0.6) is 0 Å². The van der Waals surface area contributed by atoms with Crippen LogP contribution in [0, 0.1) is 5.41 Å². The molecule has 0 aliphatic heterocycles. The minimum atomic E-state index is -0.0503. The summed E-state index contributed by atoms with van der Waals surface area (Å²) < 4.78 is 1.67. The Bertz CT molecular complexity index is 617. The van der Waals surface area contributed by atoms with E-state index in [1.54, 1.807) is 29.3 Å². The first-order valence-corrected chi connectivity index (χ1v) is 6.63. The van der Waals surface area contributed by atoms with Crippen molar-refractivity contribution in [3.8, 4) is 0 Å². The molecule has 0 radical (unpaired) electrons. The Morgan fingerprint density at radius 1 is 1.47 bits per heavy atom. The largest absolute Gasteiger partial charge is 0.349 e. The SMILES string of the molecule is CC1(C)CCC(NC(=O)c2cnn3ccncc23)C1. The second-order valence-corrected chi connectivity index (χ2v) is 6.04. The van der Waals surface area contributed by atoms with Gasteiger partial charge in [-0.2, -0.15) is 5.10 Å². The quantitative estimate of drug-likeness (QED) is 0.896. The third-order valence-corrected chi connectivity index (χ3v) is 3.87. The summed E-state index contributed by atoms with van der Waals surface area (Å²) in [5.41, 5.74) is 1.68. The summed E-state index contributed by atoms with van der Waals surface area (Å²) >= 11 is 0. The molecule has 1 aliphatic rings. The second kappa shape index (κ2) is 4.33. The molecule has 19 heavy (non-hydrogen) atoms. The highest BCUT2D eigenvalue weighted by Gasteiger charge is 2.32. The fourth-order valence-corrected chi connectivity index (χ4v) is 2.83. The molecule has 1 aliphatic carbocycles. The Balaban J connectivity index is 1.78. The van der Waals surface area contributed by atoms with E-state index in [1.807, 2.05) is 0 Å². The number of hydrogen-bond acceptors (Lipinski definition) is 3. The van der Waals surface area contributed by atoms with Crippen molar-refractivity contribution in [2.24, 2.45) is 5.41 Å². The number of carbonyl (C=O) groups excluding carboxylic acids is 1. The number of nitrogens with zero attached hydrogens (tertiary/aromatic N) is 3. The molecule has 2 aromatic rings. The third kappa shape index (κ3) is 2.32. The van der Waals surface area contributed by atoms with Crippen LogP contribution in [0.1, 0.15) is 43.5 Å². The van der Waals surface area contributed by atoms with Gasteiger partial charge in [-0.3, -0.25) is 9.78 Å². The molecule has 1 N–H and O–H groups in total. The summed E-state index contributed by atoms with van der Waals surface area (Å²) in [7, 11) is 0. The highest BCUT2D eigenvalue weighted by molar-refractivity contribution is 6.00. The lowest BCUT2D eigenvalue weighted by atomic mass is 9.92. The van der Waals surface area contributed by atoms with Crippen molar-refractivity contribution in [3.63, 3.8) is 0 Å². The number of nitrogens with one attached hydrogen (secondary N) is 1. The van der Waals surface area contributed by atoms with Gasteiger partial charge >= 0.3 is 0 Å². The summed E-state index contributed by atoms with van der Waals surface area (Å²) in [5.74, 6) is -0.0503. The van der Waals surface area contributed by atoms with E-state index >= 15 is 0 Å². The van der Waals surface area contributed by atoms with Crippen LogP contribution in [0.25, 0.3) is 5.52 Å². The maximum atomic E-state index is 12.3. The van der Waals surface area contributed by atoms with Crippen molar-refractivity contribution in [3.05, 3.63) is 30.4 Å². The monoisotopic (exact) mass is 258 g/mol. The van der Waals surface area contributed by atoms with Gasteiger partial charge in [0.1, 0.15) is 0 Å². The smallest absolute Gasteiger partial charge is 0.255 e. The fourth-order valence-electron chi connectivity index (χ4n) is 2.83. The lowest BCUT2D eigenvalue weighted by molar-refractivity contribution is 0.0937. The predicted octanol–water partition coefficient (Wildman–Crippen LogP) is 2.04. The molecule has 1 atom stereocenters. The van der Waals surface area contributed by atoms with E-state index in [0.29, 0.717) is 11.0 Å². The van der Waals surface area contributed by atoms with Crippen LogP contribution in [0.15, 0.2) is 24.8 Å². The van der Waals surface area contributed by atoms with E-state index in [0.717, 1.165) is 24.8 Å². The molecule has 0 aromatic carbocycles. The maximum Gasteiger partial charge on any atom is 0.255 e. The lowest BCUT2D eigenvalue weighted by Crippen LogP contribution is -2.33. The summed E-state index contributed by atoms with van der Waals surface area (Å²) in [6.45, 7) is 4.50. The van der Waals surface area contributed by atoms with Crippen LogP contribution in [0.2, 0.25) is 0 Å². The Hall–Kier alpha value is -1.91. The summed E-state index contributed by atoms with van der Waals surface area (Å²) in [6.07, 6.45) is 9.92. The molecule has 2 aromatic heterocycles. The van der Waals surface area contributed by atoms with Gasteiger partial charge in [-0.15, -0.1) is 0 Å². The zero-order valence-corrected chi connectivity index (χ0v) is 11.3. The number of amides is 1. The van der Waals surface area contributed by atoms with E-state index in [9.17, 15) is 4.79 Å². The molecule has 2 heterocycles. The van der Waals surface area contributed by atoms with E-state index in [-0.39, 0.29) is 11.9 Å². The van der Waals surface area contributed by atoms with E-state index in [4.69, 9.17) is 0 Å². The second-order valence-electron chi connectivity index (χ2n) is 6.04. The Morgan fingerprint density at radius 2 is 2.32 bits per heavy atom. The Kier molecular flexibility index (Phi) is 2.77. The van der Waals surface area contributed by atoms with E-state index < -0.39 is 0 Å². The Morgan fingerprint density at radius 3 is 3.05 bits per heavy atom. The molecule has 0 saturated heterocycles. The zero-order chi connectivity index (χ0) is 13.5. The first-order valence-electron chi connectivity index (χ1n) is 6.63. The minimum absolute atomic E-state index is 0.0503. The van der Waals surface area contributed by atoms with Gasteiger partial charge in [0.2, 0.25) is 0 Å². The molecule has 5 nitrogen and oxygen atoms in total. The normalized spacial score (nSPS) is 21.7. The molecule has 1 amide bonds. The van der Waals surface area contributed by atoms with Crippen molar-refractivity contribution in [1.82, 2.24) is 19.9 Å². The molecule has 0 spiro atoms. The standard InChI is InChI=1S/C14H18N4O/c1-14(2)4-3-10(7-14)17-13(19)11-8-16-18-6-5-15-9-12(11)18/h5-6,8-10H,3-4,7H2,1-2H3,(H,17,19). The molecular weight excluding hydrogens is 240 g/mol. The number of aromatic nitrogens is 3. The van der Waals surface area contributed by atoms with Gasteiger partial charge in [-0.25, -0.2) is 4.52 Å². The van der Waals surface area contributed by atoms with Crippen molar-refractivity contribution in [2.75, 3.05) is 0 Å². The first kappa shape index (κ1) is 12.1. The third-order valence-electron chi connectivity index (χ3n) is 3.87. The number of carbonyl (C=O) groups is 1. The zero-order valence-electron chi connectivity index (χ0n) is 11.3. The van der Waals surface area contributed by atoms with Gasteiger partial charge in [0, 0.05) is 18.4 Å². The molecular formula is C14H18N4O. The van der Waals surface area contributed by atoms with Crippen molar-refractivity contribution in [1.29, 1.82) is 0 Å². The van der Waals surface area contributed by atoms with Crippen molar-refractivity contribution < 1.29 is 4.79 Å². The number of hydrogen-bond donors (Lipinski definition) is 1. The highest BCUT2D eigenvalue weighted by Crippen LogP contribution is 2.37. The van der Waals surface area contributed by atoms with Crippen LogP contribution in [0.4, 0.5) is 0 Å². The molecule has 1 saturated carbocycles. The van der Waals surface area contributed by atoms with Crippen LogP contribution in [0.3, 0.4) is 0 Å². The van der Waals surface area contributed by atoms with E-state index in [2.05, 4.69) is 29.2 Å². The molecule has 5 heteroatoms. The van der Waals surface area contributed by atoms with Crippen molar-refractivity contribution >= 4 is 11.4 Å². The summed E-state index contributed by atoms with van der Waals surface area (Å²) in [6, 6.07) is 0.272. The number of rotatable bonds is 2. The van der Waals surface area contributed by atoms with E-state index in [1.165, 1.54) is 0 Å². The van der Waals surface area contributed by atoms with Gasteiger partial charge in [0.15, 0.2) is 0 Å². The molecule has 1 unspecified atom stereocenters. The molecule has 0 bridgehead atoms. The number of fused-ring (bicyclic) bond motifs is 1. The van der Waals surface area contributed by atoms with Crippen LogP contribution >= 0.6 is 0 Å². The average Bonchev–Trinajstić information content (AvgIpc) is 2.92. The van der Waals surface area contributed by atoms with Crippen LogP contribution in [-0.2, 0) is 0 Å². The van der Waals surface area contributed by atoms with Crippen LogP contribution in [-0.4, -0.2) is 26.5 Å². The maximum absolute atomic E-state index is 12.3. The minimum Gasteiger partial charge on any atom is -0.349 e. The fraction of sp³-hybridized carbons (Fsp3) is 0.500. The lowest BCUT2D eigenvalue weighted by Gasteiger charge is -2.17. The molecule has 100 valence electrons. The molecule has 1 fully saturated rings. The Labute approximate surface area is 112 Å². The van der Waals surface area contributed by atoms with Crippen LogP contribution < -0.4 is 5.32 Å². The summed E-state index contributed by atoms with van der Waals surface area (Å²) in [5, 5.41) is 7.27. The average molecular weight is 258 g/mol. The molecule has 3 rings (SSSR count). The van der Waals surface area contributed by atoms with Gasteiger partial charge in [-0.05, 0) is 24.7 Å².